The smallest absolute Gasteiger partial charge is 0.254 e. The number of hydrogen-bond donors (Lipinski definition) is 0. The molecule has 0 bridgehead atoms. The Morgan fingerprint density at radius 3 is 2.27 bits per heavy atom. The Kier molecular flexibility index (Phi) is 4.29. The number of carbonyl (C=O) groups is 1. The molecule has 3 heteroatoms. The van der Waals surface area contributed by atoms with Crippen molar-refractivity contribution in [2.24, 2.45) is 5.41 Å². The summed E-state index contributed by atoms with van der Waals surface area (Å²) in [5.41, 5.74) is 1.90. The molecule has 1 aromatic rings. The van der Waals surface area contributed by atoms with Crippen LogP contribution in [0.25, 0.3) is 0 Å². The number of nitrogens with zero attached hydrogens (tertiary/aromatic N) is 1. The molecule has 0 N–H and O–H groups in total. The first-order chi connectivity index (χ1) is 10.1. The Morgan fingerprint density at radius 2 is 1.77 bits per heavy atom. The third kappa shape index (κ3) is 3.13. The second kappa shape index (κ2) is 5.60. The van der Waals surface area contributed by atoms with E-state index in [1.54, 1.807) is 7.11 Å². The summed E-state index contributed by atoms with van der Waals surface area (Å²) >= 11 is 0. The van der Waals surface area contributed by atoms with E-state index in [0.29, 0.717) is 5.92 Å². The molecule has 0 saturated heterocycles. The average Bonchev–Trinajstić information content (AvgIpc) is 2.54. The van der Waals surface area contributed by atoms with Crippen LogP contribution in [0.3, 0.4) is 0 Å². The summed E-state index contributed by atoms with van der Waals surface area (Å²) in [6.45, 7) is 13.8. The third-order valence-electron chi connectivity index (χ3n) is 4.61. The number of fused-ring (bicyclic) bond motifs is 1. The van der Waals surface area contributed by atoms with Crippen LogP contribution in [0.1, 0.15) is 69.8 Å². The fourth-order valence-corrected chi connectivity index (χ4v) is 3.35. The van der Waals surface area contributed by atoms with E-state index < -0.39 is 0 Å². The van der Waals surface area contributed by atoms with Gasteiger partial charge in [0.15, 0.2) is 0 Å². The van der Waals surface area contributed by atoms with Crippen LogP contribution in [0.15, 0.2) is 18.2 Å². The molecule has 0 aliphatic carbocycles. The summed E-state index contributed by atoms with van der Waals surface area (Å²) < 4.78 is 5.34. The van der Waals surface area contributed by atoms with Gasteiger partial charge in [0.2, 0.25) is 0 Å². The van der Waals surface area contributed by atoms with Gasteiger partial charge in [0, 0.05) is 17.6 Å². The van der Waals surface area contributed by atoms with Gasteiger partial charge in [-0.2, -0.15) is 0 Å². The maximum atomic E-state index is 13.1. The van der Waals surface area contributed by atoms with E-state index in [0.717, 1.165) is 29.8 Å². The SMILES string of the molecule is COc1ccc2c(c1)C(=O)N(C(C)(C)C)CCC2C(C)(C)C. The molecule has 3 nitrogen and oxygen atoms in total. The topological polar surface area (TPSA) is 29.5 Å². The Hall–Kier alpha value is -1.51. The standard InChI is InChI=1S/C19H29NO2/c1-18(2,3)16-10-11-20(19(4,5)6)17(21)15-12-13(22-7)8-9-14(15)16/h8-9,12,16H,10-11H2,1-7H3. The molecule has 22 heavy (non-hydrogen) atoms. The predicted molar refractivity (Wildman–Crippen MR) is 90.6 cm³/mol. The van der Waals surface area contributed by atoms with Gasteiger partial charge >= 0.3 is 0 Å². The Balaban J connectivity index is 2.60. The lowest BCUT2D eigenvalue weighted by Gasteiger charge is -2.35. The van der Waals surface area contributed by atoms with Crippen LogP contribution in [0.4, 0.5) is 0 Å². The molecule has 122 valence electrons. The van der Waals surface area contributed by atoms with Gasteiger partial charge < -0.3 is 9.64 Å². The molecule has 0 aromatic heterocycles. The maximum Gasteiger partial charge on any atom is 0.254 e. The molecule has 1 atom stereocenters. The molecule has 1 aromatic carbocycles. The highest BCUT2D eigenvalue weighted by atomic mass is 16.5. The van der Waals surface area contributed by atoms with Gasteiger partial charge in [0.1, 0.15) is 5.75 Å². The van der Waals surface area contributed by atoms with Crippen LogP contribution in [0.5, 0.6) is 5.75 Å². The lowest BCUT2D eigenvalue weighted by atomic mass is 9.74. The summed E-state index contributed by atoms with van der Waals surface area (Å²) in [4.78, 5) is 15.1. The minimum absolute atomic E-state index is 0.119. The van der Waals surface area contributed by atoms with Gasteiger partial charge in [-0.3, -0.25) is 4.79 Å². The molecule has 1 aliphatic rings. The van der Waals surface area contributed by atoms with Gasteiger partial charge in [0.25, 0.3) is 5.91 Å². The van der Waals surface area contributed by atoms with Crippen LogP contribution >= 0.6 is 0 Å². The molecule has 1 unspecified atom stereocenters. The highest BCUT2D eigenvalue weighted by Crippen LogP contribution is 2.43. The van der Waals surface area contributed by atoms with E-state index in [1.807, 2.05) is 17.0 Å². The average molecular weight is 303 g/mol. The highest BCUT2D eigenvalue weighted by Gasteiger charge is 2.37. The van der Waals surface area contributed by atoms with E-state index in [2.05, 4.69) is 47.6 Å². The number of ether oxygens (including phenoxy) is 1. The van der Waals surface area contributed by atoms with E-state index in [4.69, 9.17) is 4.74 Å². The second-order valence-electron chi connectivity index (χ2n) is 8.29. The summed E-state index contributed by atoms with van der Waals surface area (Å²) in [6.07, 6.45) is 0.992. The van der Waals surface area contributed by atoms with Crippen LogP contribution < -0.4 is 4.74 Å². The van der Waals surface area contributed by atoms with E-state index in [-0.39, 0.29) is 16.9 Å². The van der Waals surface area contributed by atoms with Crippen LogP contribution in [0.2, 0.25) is 0 Å². The van der Waals surface area contributed by atoms with Crippen molar-refractivity contribution < 1.29 is 9.53 Å². The monoisotopic (exact) mass is 303 g/mol. The molecule has 1 aliphatic heterocycles. The zero-order valence-electron chi connectivity index (χ0n) is 15.0. The molecule has 0 fully saturated rings. The quantitative estimate of drug-likeness (QED) is 0.766. The summed E-state index contributed by atoms with van der Waals surface area (Å²) in [5, 5.41) is 0. The molecule has 0 saturated carbocycles. The first kappa shape index (κ1) is 16.9. The third-order valence-corrected chi connectivity index (χ3v) is 4.61. The number of carbonyl (C=O) groups excluding carboxylic acids is 1. The first-order valence-electron chi connectivity index (χ1n) is 8.05. The number of benzene rings is 1. The van der Waals surface area contributed by atoms with Crippen LogP contribution in [-0.4, -0.2) is 30.0 Å². The maximum absolute atomic E-state index is 13.1. The largest absolute Gasteiger partial charge is 0.497 e. The fraction of sp³-hybridized carbons (Fsp3) is 0.632. The number of rotatable bonds is 1. The molecule has 1 amide bonds. The van der Waals surface area contributed by atoms with Crippen molar-refractivity contribution in [3.8, 4) is 5.75 Å². The Bertz CT molecular complexity index is 564. The minimum atomic E-state index is -0.176. The van der Waals surface area contributed by atoms with Gasteiger partial charge in [-0.05, 0) is 56.2 Å². The summed E-state index contributed by atoms with van der Waals surface area (Å²) in [7, 11) is 1.64. The van der Waals surface area contributed by atoms with Gasteiger partial charge in [-0.15, -0.1) is 0 Å². The molecular formula is C19H29NO2. The van der Waals surface area contributed by atoms with Gasteiger partial charge in [-0.25, -0.2) is 0 Å². The van der Waals surface area contributed by atoms with E-state index >= 15 is 0 Å². The zero-order valence-corrected chi connectivity index (χ0v) is 15.0. The van der Waals surface area contributed by atoms with Crippen molar-refractivity contribution in [3.05, 3.63) is 29.3 Å². The summed E-state index contributed by atoms with van der Waals surface area (Å²) in [5.74, 6) is 1.23. The van der Waals surface area contributed by atoms with Gasteiger partial charge in [0.05, 0.1) is 7.11 Å². The molecule has 1 heterocycles. The van der Waals surface area contributed by atoms with Crippen LogP contribution in [0, 0.1) is 5.41 Å². The van der Waals surface area contributed by atoms with Crippen molar-refractivity contribution in [1.82, 2.24) is 4.90 Å². The minimum Gasteiger partial charge on any atom is -0.497 e. The Morgan fingerprint density at radius 1 is 1.14 bits per heavy atom. The number of amides is 1. The van der Waals surface area contributed by atoms with E-state index in [9.17, 15) is 4.79 Å². The lowest BCUT2D eigenvalue weighted by Crippen LogP contribution is -2.45. The normalized spacial score (nSPS) is 19.7. The Labute approximate surface area is 134 Å². The zero-order chi connectivity index (χ0) is 16.7. The van der Waals surface area contributed by atoms with Crippen LogP contribution in [-0.2, 0) is 0 Å². The van der Waals surface area contributed by atoms with Crippen molar-refractivity contribution in [3.63, 3.8) is 0 Å². The predicted octanol–water partition coefficient (Wildman–Crippen LogP) is 4.47. The molecule has 0 spiro atoms. The second-order valence-corrected chi connectivity index (χ2v) is 8.29. The molecule has 0 radical (unpaired) electrons. The summed E-state index contributed by atoms with van der Waals surface area (Å²) in [6, 6.07) is 5.95. The van der Waals surface area contributed by atoms with Crippen molar-refractivity contribution in [1.29, 1.82) is 0 Å². The van der Waals surface area contributed by atoms with Crippen molar-refractivity contribution >= 4 is 5.91 Å². The van der Waals surface area contributed by atoms with E-state index in [1.165, 1.54) is 0 Å². The first-order valence-corrected chi connectivity index (χ1v) is 8.05. The lowest BCUT2D eigenvalue weighted by molar-refractivity contribution is 0.0580. The number of hydrogen-bond acceptors (Lipinski definition) is 2. The van der Waals surface area contributed by atoms with Crippen molar-refractivity contribution in [2.75, 3.05) is 13.7 Å². The number of methoxy groups -OCH3 is 1. The molecular weight excluding hydrogens is 274 g/mol. The fourth-order valence-electron chi connectivity index (χ4n) is 3.35. The highest BCUT2D eigenvalue weighted by molar-refractivity contribution is 5.97. The van der Waals surface area contributed by atoms with Gasteiger partial charge in [-0.1, -0.05) is 26.8 Å². The van der Waals surface area contributed by atoms with Crippen molar-refractivity contribution in [2.45, 2.75) is 59.4 Å². The molecule has 2 rings (SSSR count).